The van der Waals surface area contributed by atoms with E-state index in [-0.39, 0.29) is 0 Å². The summed E-state index contributed by atoms with van der Waals surface area (Å²) in [7, 11) is 3.25. The Bertz CT molecular complexity index is 1270. The number of benzene rings is 2. The number of fused-ring (bicyclic) bond motifs is 1. The molecule has 0 amide bonds. The second-order valence-electron chi connectivity index (χ2n) is 8.27. The molecule has 182 valence electrons. The van der Waals surface area contributed by atoms with Crippen molar-refractivity contribution in [1.29, 1.82) is 0 Å². The van der Waals surface area contributed by atoms with E-state index in [1.165, 1.54) is 0 Å². The van der Waals surface area contributed by atoms with Gasteiger partial charge < -0.3 is 24.8 Å². The van der Waals surface area contributed by atoms with Crippen LogP contribution in [0.4, 0.5) is 17.3 Å². The summed E-state index contributed by atoms with van der Waals surface area (Å²) in [5.41, 5.74) is 4.53. The van der Waals surface area contributed by atoms with Gasteiger partial charge in [-0.15, -0.1) is 0 Å². The molecule has 0 bridgehead atoms. The lowest BCUT2D eigenvalue weighted by Crippen LogP contribution is -2.38. The number of ether oxygens (including phenoxy) is 3. The van der Waals surface area contributed by atoms with E-state index in [1.807, 2.05) is 47.0 Å². The van der Waals surface area contributed by atoms with E-state index in [1.54, 1.807) is 20.4 Å². The summed E-state index contributed by atoms with van der Waals surface area (Å²) in [6.45, 7) is 5.56. The molecule has 9 nitrogen and oxygen atoms in total. The molecule has 0 radical (unpaired) electrons. The number of nitrogens with one attached hydrogen (secondary N) is 2. The second-order valence-corrected chi connectivity index (χ2v) is 8.27. The van der Waals surface area contributed by atoms with Crippen LogP contribution in [0.3, 0.4) is 0 Å². The van der Waals surface area contributed by atoms with Gasteiger partial charge in [0.15, 0.2) is 11.5 Å². The van der Waals surface area contributed by atoms with Crippen molar-refractivity contribution in [3.05, 3.63) is 60.9 Å². The number of hydrogen-bond donors (Lipinski definition) is 2. The van der Waals surface area contributed by atoms with E-state index >= 15 is 0 Å². The van der Waals surface area contributed by atoms with Gasteiger partial charge in [0.2, 0.25) is 5.95 Å². The van der Waals surface area contributed by atoms with Gasteiger partial charge in [-0.25, -0.2) is 9.97 Å². The van der Waals surface area contributed by atoms with Crippen LogP contribution in [0.15, 0.2) is 60.9 Å². The molecule has 0 atom stereocenters. The van der Waals surface area contributed by atoms with Crippen LogP contribution in [-0.4, -0.2) is 72.9 Å². The van der Waals surface area contributed by atoms with Crippen LogP contribution in [0.25, 0.3) is 16.9 Å². The van der Waals surface area contributed by atoms with Crippen molar-refractivity contribution >= 4 is 23.0 Å². The zero-order valence-corrected chi connectivity index (χ0v) is 20.0. The van der Waals surface area contributed by atoms with Gasteiger partial charge in [0, 0.05) is 61.6 Å². The molecule has 5 rings (SSSR count). The molecule has 0 spiro atoms. The summed E-state index contributed by atoms with van der Waals surface area (Å²) < 4.78 is 18.2. The first-order valence-corrected chi connectivity index (χ1v) is 11.7. The van der Waals surface area contributed by atoms with Crippen LogP contribution in [0.2, 0.25) is 0 Å². The van der Waals surface area contributed by atoms with E-state index in [0.717, 1.165) is 67.7 Å². The van der Waals surface area contributed by atoms with E-state index in [2.05, 4.69) is 32.7 Å². The number of morpholine rings is 1. The molecule has 35 heavy (non-hydrogen) atoms. The van der Waals surface area contributed by atoms with Gasteiger partial charge in [0.25, 0.3) is 0 Å². The number of methoxy groups -OCH3 is 2. The Hall–Kier alpha value is -3.82. The van der Waals surface area contributed by atoms with Gasteiger partial charge in [-0.05, 0) is 42.5 Å². The van der Waals surface area contributed by atoms with Crippen molar-refractivity contribution in [1.82, 2.24) is 19.3 Å². The second kappa shape index (κ2) is 10.6. The standard InChI is InChI=1S/C26H30N6O3/c1-33-23-8-3-19(17-24(23)34-2)22-18-25-28-10-12-32(25)26(30-22)29-21-6-4-20(5-7-21)27-9-11-31-13-15-35-16-14-31/h3-8,10,12,17-18,27H,9,11,13-16H2,1-2H3,(H,29,30). The lowest BCUT2D eigenvalue weighted by molar-refractivity contribution is 0.0398. The number of nitrogens with zero attached hydrogens (tertiary/aromatic N) is 4. The first-order valence-electron chi connectivity index (χ1n) is 11.7. The van der Waals surface area contributed by atoms with Crippen LogP contribution < -0.4 is 20.1 Å². The average Bonchev–Trinajstić information content (AvgIpc) is 3.39. The zero-order chi connectivity index (χ0) is 24.0. The predicted octanol–water partition coefficient (Wildman–Crippen LogP) is 3.90. The Morgan fingerprint density at radius 1 is 0.943 bits per heavy atom. The quantitative estimate of drug-likeness (QED) is 0.378. The molecule has 1 aliphatic heterocycles. The number of imidazole rings is 1. The Morgan fingerprint density at radius 3 is 2.49 bits per heavy atom. The Kier molecular flexibility index (Phi) is 6.97. The van der Waals surface area contributed by atoms with Crippen LogP contribution in [-0.2, 0) is 4.74 Å². The maximum Gasteiger partial charge on any atom is 0.213 e. The number of hydrogen-bond acceptors (Lipinski definition) is 8. The average molecular weight is 475 g/mol. The molecule has 2 N–H and O–H groups in total. The largest absolute Gasteiger partial charge is 0.493 e. The first kappa shape index (κ1) is 22.9. The summed E-state index contributed by atoms with van der Waals surface area (Å²) in [6.07, 6.45) is 3.66. The van der Waals surface area contributed by atoms with E-state index in [4.69, 9.17) is 19.2 Å². The van der Waals surface area contributed by atoms with Crippen molar-refractivity contribution < 1.29 is 14.2 Å². The van der Waals surface area contributed by atoms with Crippen LogP contribution >= 0.6 is 0 Å². The van der Waals surface area contributed by atoms with Crippen LogP contribution in [0.1, 0.15) is 0 Å². The molecule has 0 unspecified atom stereocenters. The van der Waals surface area contributed by atoms with Gasteiger partial charge in [0.05, 0.1) is 33.1 Å². The monoisotopic (exact) mass is 474 g/mol. The topological polar surface area (TPSA) is 85.2 Å². The fourth-order valence-corrected chi connectivity index (χ4v) is 4.14. The summed E-state index contributed by atoms with van der Waals surface area (Å²) in [4.78, 5) is 11.8. The minimum absolute atomic E-state index is 0.654. The molecule has 1 fully saturated rings. The molecule has 2 aromatic carbocycles. The van der Waals surface area contributed by atoms with E-state index < -0.39 is 0 Å². The summed E-state index contributed by atoms with van der Waals surface area (Å²) >= 11 is 0. The van der Waals surface area contributed by atoms with Gasteiger partial charge in [-0.2, -0.15) is 0 Å². The van der Waals surface area contributed by atoms with E-state index in [9.17, 15) is 0 Å². The predicted molar refractivity (Wildman–Crippen MR) is 137 cm³/mol. The van der Waals surface area contributed by atoms with Crippen molar-refractivity contribution in [2.24, 2.45) is 0 Å². The highest BCUT2D eigenvalue weighted by atomic mass is 16.5. The molecule has 0 saturated carbocycles. The van der Waals surface area contributed by atoms with Crippen molar-refractivity contribution in [2.75, 3.05) is 64.2 Å². The molecule has 9 heteroatoms. The Labute approximate surface area is 204 Å². The SMILES string of the molecule is COc1ccc(-c2cc3nccn3c(Nc3ccc(NCCN4CCOCC4)cc3)n2)cc1OC. The van der Waals surface area contributed by atoms with Crippen LogP contribution in [0.5, 0.6) is 11.5 Å². The summed E-state index contributed by atoms with van der Waals surface area (Å²) in [6, 6.07) is 16.0. The smallest absolute Gasteiger partial charge is 0.213 e. The maximum absolute atomic E-state index is 5.47. The third-order valence-corrected chi connectivity index (χ3v) is 6.07. The van der Waals surface area contributed by atoms with Crippen molar-refractivity contribution in [3.8, 4) is 22.8 Å². The Balaban J connectivity index is 1.31. The third-order valence-electron chi connectivity index (χ3n) is 6.07. The zero-order valence-electron chi connectivity index (χ0n) is 20.0. The molecule has 4 aromatic rings. The molecule has 2 aromatic heterocycles. The van der Waals surface area contributed by atoms with Gasteiger partial charge in [-0.3, -0.25) is 9.30 Å². The van der Waals surface area contributed by atoms with E-state index in [0.29, 0.717) is 17.4 Å². The molecule has 3 heterocycles. The third kappa shape index (κ3) is 5.31. The molecule has 1 saturated heterocycles. The number of rotatable bonds is 9. The molecular formula is C26H30N6O3. The highest BCUT2D eigenvalue weighted by molar-refractivity contribution is 5.70. The highest BCUT2D eigenvalue weighted by Crippen LogP contribution is 2.32. The molecule has 1 aliphatic rings. The normalized spacial score (nSPS) is 14.1. The van der Waals surface area contributed by atoms with Crippen molar-refractivity contribution in [2.45, 2.75) is 0 Å². The fraction of sp³-hybridized carbons (Fsp3) is 0.308. The van der Waals surface area contributed by atoms with Gasteiger partial charge in [-0.1, -0.05) is 0 Å². The minimum atomic E-state index is 0.654. The molecule has 0 aliphatic carbocycles. The number of anilines is 3. The number of aromatic nitrogens is 3. The molecular weight excluding hydrogens is 444 g/mol. The van der Waals surface area contributed by atoms with Crippen molar-refractivity contribution in [3.63, 3.8) is 0 Å². The maximum atomic E-state index is 5.47. The van der Waals surface area contributed by atoms with Gasteiger partial charge in [0.1, 0.15) is 5.65 Å². The fourth-order valence-electron chi connectivity index (χ4n) is 4.14. The Morgan fingerprint density at radius 2 is 1.71 bits per heavy atom. The summed E-state index contributed by atoms with van der Waals surface area (Å²) in [5, 5.41) is 6.93. The first-order chi connectivity index (χ1) is 17.2. The van der Waals surface area contributed by atoms with Gasteiger partial charge >= 0.3 is 0 Å². The lowest BCUT2D eigenvalue weighted by atomic mass is 10.1. The lowest BCUT2D eigenvalue weighted by Gasteiger charge is -2.26. The van der Waals surface area contributed by atoms with Crippen LogP contribution in [0, 0.1) is 0 Å². The highest BCUT2D eigenvalue weighted by Gasteiger charge is 2.12. The summed E-state index contributed by atoms with van der Waals surface area (Å²) in [5.74, 6) is 2.01. The minimum Gasteiger partial charge on any atom is -0.493 e.